The Morgan fingerprint density at radius 3 is 2.43 bits per heavy atom. The molecule has 49 heavy (non-hydrogen) atoms. The number of nitrogens with two attached hydrogens (primary N) is 1. The number of nitrogen functional groups attached to an aromatic ring is 1. The summed E-state index contributed by atoms with van der Waals surface area (Å²) in [5, 5.41) is 16.7. The average Bonchev–Trinajstić information content (AvgIpc) is 3.10. The number of unbranched alkanes of at least 4 members (excludes halogenated alkanes) is 2. The number of likely N-dealkylation sites (N-methyl/N-ethyl adjacent to an activating group) is 1. The molecule has 264 valence electrons. The quantitative estimate of drug-likeness (QED) is 0.112. The van der Waals surface area contributed by atoms with E-state index in [1.807, 2.05) is 45.2 Å². The lowest BCUT2D eigenvalue weighted by Crippen LogP contribution is -2.47. The molecule has 3 amide bonds. The number of ether oxygens (including phenoxy) is 1. The summed E-state index contributed by atoms with van der Waals surface area (Å²) < 4.78 is 6.62. The van der Waals surface area contributed by atoms with E-state index >= 15 is 0 Å². The number of fused-ring (bicyclic) bond motifs is 1. The van der Waals surface area contributed by atoms with Gasteiger partial charge in [0, 0.05) is 49.6 Å². The molecular weight excluding hydrogens is 665 g/mol. The Kier molecular flexibility index (Phi) is 14.1. The Balaban J connectivity index is 1.37. The van der Waals surface area contributed by atoms with Crippen molar-refractivity contribution in [3.05, 3.63) is 81.8 Å². The molecular formula is C37H47Cl2N5O5. The Bertz CT molecular complexity index is 1610. The van der Waals surface area contributed by atoms with Crippen LogP contribution in [0.5, 0.6) is 5.75 Å². The number of rotatable bonds is 14. The number of aliphatic hydroxyl groups excluding tert-OH is 1. The number of carbonyl (C=O) groups is 3. The van der Waals surface area contributed by atoms with Crippen LogP contribution < -0.4 is 21.1 Å². The van der Waals surface area contributed by atoms with Crippen LogP contribution in [0.3, 0.4) is 0 Å². The SMILES string of the molecule is C[C@H]1CN([C@@H](C)CO)C(=O)Cc2cc(NC(=O)CCCCCC(=O)Nc3ccccc3N)ccc2O[C@@H]1CN(C)Cc1ccc(Cl)c(Cl)c1. The Hall–Kier alpha value is -3.83. The van der Waals surface area contributed by atoms with E-state index in [2.05, 4.69) is 15.5 Å². The van der Waals surface area contributed by atoms with Crippen LogP contribution in [0.15, 0.2) is 60.7 Å². The number of halogens is 2. The average molecular weight is 713 g/mol. The normalized spacial score (nSPS) is 17.0. The van der Waals surface area contributed by atoms with Crippen molar-refractivity contribution < 1.29 is 24.2 Å². The van der Waals surface area contributed by atoms with Gasteiger partial charge in [-0.15, -0.1) is 0 Å². The summed E-state index contributed by atoms with van der Waals surface area (Å²) in [5.41, 5.74) is 9.25. The topological polar surface area (TPSA) is 137 Å². The maximum absolute atomic E-state index is 13.6. The van der Waals surface area contributed by atoms with Gasteiger partial charge in [0.15, 0.2) is 0 Å². The lowest BCUT2D eigenvalue weighted by molar-refractivity contribution is -0.134. The predicted molar refractivity (Wildman–Crippen MR) is 196 cm³/mol. The van der Waals surface area contributed by atoms with Crippen molar-refractivity contribution in [2.24, 2.45) is 5.92 Å². The van der Waals surface area contributed by atoms with Crippen LogP contribution in [0.25, 0.3) is 0 Å². The van der Waals surface area contributed by atoms with Crippen molar-refractivity contribution in [1.82, 2.24) is 9.80 Å². The van der Waals surface area contributed by atoms with E-state index in [0.717, 1.165) is 12.0 Å². The molecule has 0 unspecified atom stereocenters. The number of carbonyl (C=O) groups excluding carboxylic acids is 3. The molecule has 4 rings (SSSR count). The summed E-state index contributed by atoms with van der Waals surface area (Å²) in [6.07, 6.45) is 2.42. The largest absolute Gasteiger partial charge is 0.488 e. The molecule has 0 saturated carbocycles. The Morgan fingerprint density at radius 2 is 1.73 bits per heavy atom. The maximum atomic E-state index is 13.6. The number of anilines is 3. The molecule has 0 saturated heterocycles. The van der Waals surface area contributed by atoms with E-state index < -0.39 is 0 Å². The molecule has 3 aromatic carbocycles. The lowest BCUT2D eigenvalue weighted by Gasteiger charge is -2.34. The second-order valence-electron chi connectivity index (χ2n) is 12.9. The number of hydrogen-bond donors (Lipinski definition) is 4. The third kappa shape index (κ3) is 11.4. The van der Waals surface area contributed by atoms with Gasteiger partial charge in [0.05, 0.1) is 40.5 Å². The maximum Gasteiger partial charge on any atom is 0.227 e. The monoisotopic (exact) mass is 711 g/mol. The molecule has 0 aromatic heterocycles. The van der Waals surface area contributed by atoms with Gasteiger partial charge in [0.25, 0.3) is 0 Å². The van der Waals surface area contributed by atoms with Gasteiger partial charge < -0.3 is 31.1 Å². The molecule has 12 heteroatoms. The van der Waals surface area contributed by atoms with Gasteiger partial charge in [-0.3, -0.25) is 19.3 Å². The molecule has 0 bridgehead atoms. The van der Waals surface area contributed by atoms with Gasteiger partial charge in [-0.05, 0) is 74.8 Å². The van der Waals surface area contributed by atoms with E-state index in [9.17, 15) is 19.5 Å². The first-order chi connectivity index (χ1) is 23.4. The van der Waals surface area contributed by atoms with Crippen molar-refractivity contribution in [2.75, 3.05) is 43.1 Å². The van der Waals surface area contributed by atoms with Crippen molar-refractivity contribution in [2.45, 2.75) is 71.1 Å². The number of aliphatic hydroxyl groups is 1. The Labute approximate surface area is 298 Å². The van der Waals surface area contributed by atoms with Crippen LogP contribution in [0, 0.1) is 5.92 Å². The van der Waals surface area contributed by atoms with Gasteiger partial charge in [0.2, 0.25) is 17.7 Å². The number of benzene rings is 3. The molecule has 0 fully saturated rings. The second-order valence-corrected chi connectivity index (χ2v) is 13.7. The summed E-state index contributed by atoms with van der Waals surface area (Å²) in [4.78, 5) is 42.5. The van der Waals surface area contributed by atoms with E-state index in [-0.39, 0.29) is 48.8 Å². The Morgan fingerprint density at radius 1 is 1.02 bits per heavy atom. The molecule has 10 nitrogen and oxygen atoms in total. The molecule has 0 spiro atoms. The summed E-state index contributed by atoms with van der Waals surface area (Å²) in [6, 6.07) is 17.7. The molecule has 1 aliphatic rings. The summed E-state index contributed by atoms with van der Waals surface area (Å²) in [5.74, 6) is 0.146. The van der Waals surface area contributed by atoms with Gasteiger partial charge in [0.1, 0.15) is 11.9 Å². The van der Waals surface area contributed by atoms with Crippen LogP contribution in [-0.2, 0) is 27.3 Å². The molecule has 1 aliphatic heterocycles. The first kappa shape index (κ1) is 38.0. The first-order valence-electron chi connectivity index (χ1n) is 16.7. The standard InChI is InChI=1S/C37H47Cl2N5O5/c1-24-20-44(25(2)23-45)37(48)19-27-18-28(41-35(46)11-5-4-6-12-36(47)42-32-10-8-7-9-31(32)40)14-16-33(27)49-34(24)22-43(3)21-26-13-15-29(38)30(39)17-26/h7-10,13-18,24-25,34,45H,4-6,11-12,19-23,40H2,1-3H3,(H,41,46)(H,42,47)/t24-,25-,34+/m0/s1. The minimum Gasteiger partial charge on any atom is -0.488 e. The molecule has 5 N–H and O–H groups in total. The van der Waals surface area contributed by atoms with Gasteiger partial charge >= 0.3 is 0 Å². The molecule has 1 heterocycles. The van der Waals surface area contributed by atoms with Crippen molar-refractivity contribution in [1.29, 1.82) is 0 Å². The number of nitrogens with one attached hydrogen (secondary N) is 2. The zero-order chi connectivity index (χ0) is 35.5. The van der Waals surface area contributed by atoms with Crippen LogP contribution in [0.4, 0.5) is 17.1 Å². The zero-order valence-corrected chi connectivity index (χ0v) is 29.9. The number of para-hydroxylation sites is 2. The van der Waals surface area contributed by atoms with E-state index in [0.29, 0.717) is 83.7 Å². The molecule has 0 aliphatic carbocycles. The fourth-order valence-corrected chi connectivity index (χ4v) is 6.16. The smallest absolute Gasteiger partial charge is 0.227 e. The second kappa shape index (κ2) is 18.2. The summed E-state index contributed by atoms with van der Waals surface area (Å²) in [6.45, 7) is 5.33. The highest BCUT2D eigenvalue weighted by atomic mass is 35.5. The van der Waals surface area contributed by atoms with Crippen molar-refractivity contribution in [3.8, 4) is 5.75 Å². The van der Waals surface area contributed by atoms with Gasteiger partial charge in [-0.1, -0.05) is 54.7 Å². The third-order valence-electron chi connectivity index (χ3n) is 8.67. The minimum absolute atomic E-state index is 0.0536. The highest BCUT2D eigenvalue weighted by Crippen LogP contribution is 2.30. The van der Waals surface area contributed by atoms with Gasteiger partial charge in [-0.2, -0.15) is 0 Å². The fraction of sp³-hybridized carbons (Fsp3) is 0.432. The molecule has 3 atom stereocenters. The molecule has 3 aromatic rings. The van der Waals surface area contributed by atoms with E-state index in [4.69, 9.17) is 33.7 Å². The zero-order valence-electron chi connectivity index (χ0n) is 28.4. The van der Waals surface area contributed by atoms with Gasteiger partial charge in [-0.25, -0.2) is 0 Å². The number of nitrogens with zero attached hydrogens (tertiary/aromatic N) is 2. The highest BCUT2D eigenvalue weighted by molar-refractivity contribution is 6.42. The lowest BCUT2D eigenvalue weighted by atomic mass is 10.0. The minimum atomic E-state index is -0.364. The number of amides is 3. The highest BCUT2D eigenvalue weighted by Gasteiger charge is 2.31. The predicted octanol–water partition coefficient (Wildman–Crippen LogP) is 6.38. The van der Waals surface area contributed by atoms with Crippen LogP contribution in [0.1, 0.15) is 57.1 Å². The first-order valence-corrected chi connectivity index (χ1v) is 17.5. The van der Waals surface area contributed by atoms with Crippen molar-refractivity contribution >= 4 is 58.0 Å². The molecule has 0 radical (unpaired) electrons. The van der Waals surface area contributed by atoms with Crippen LogP contribution in [0.2, 0.25) is 10.0 Å². The van der Waals surface area contributed by atoms with E-state index in [1.54, 1.807) is 41.3 Å². The third-order valence-corrected chi connectivity index (χ3v) is 9.41. The van der Waals surface area contributed by atoms with E-state index in [1.165, 1.54) is 0 Å². The van der Waals surface area contributed by atoms with Crippen molar-refractivity contribution in [3.63, 3.8) is 0 Å². The summed E-state index contributed by atoms with van der Waals surface area (Å²) >= 11 is 12.3. The van der Waals surface area contributed by atoms with Crippen LogP contribution >= 0.6 is 23.2 Å². The fourth-order valence-electron chi connectivity index (χ4n) is 5.84. The van der Waals surface area contributed by atoms with Crippen LogP contribution in [-0.4, -0.2) is 71.5 Å². The number of hydrogen-bond acceptors (Lipinski definition) is 7. The summed E-state index contributed by atoms with van der Waals surface area (Å²) in [7, 11) is 2.00.